The zero-order valence-corrected chi connectivity index (χ0v) is 17.6. The molecule has 0 aromatic heterocycles. The van der Waals surface area contributed by atoms with E-state index >= 15 is 0 Å². The van der Waals surface area contributed by atoms with E-state index in [4.69, 9.17) is 33.3 Å². The molecular weight excluding hydrogens is 421 g/mol. The number of carbonyl (C=O) groups is 1. The number of hydrogen-bond donors (Lipinski definition) is 0. The number of rotatable bonds is 6. The molecule has 0 N–H and O–H groups in total. The minimum absolute atomic E-state index is 0.152. The van der Waals surface area contributed by atoms with Crippen LogP contribution in [0, 0.1) is 5.82 Å². The monoisotopic (exact) mass is 437 g/mol. The SMILES string of the molecule is CCOc1cc(/C=C2/SC(=S)N(C)C2=O)cc(Cl)c1OCc1ccc(F)cc1. The Morgan fingerprint density at radius 1 is 1.25 bits per heavy atom. The number of nitrogens with zero attached hydrogens (tertiary/aromatic N) is 1. The Morgan fingerprint density at radius 2 is 1.96 bits per heavy atom. The second kappa shape index (κ2) is 8.94. The van der Waals surface area contributed by atoms with E-state index in [0.29, 0.717) is 37.9 Å². The van der Waals surface area contributed by atoms with Crippen molar-refractivity contribution in [2.75, 3.05) is 13.7 Å². The van der Waals surface area contributed by atoms with Crippen LogP contribution in [0.2, 0.25) is 5.02 Å². The second-order valence-corrected chi connectivity index (χ2v) is 8.00. The Kier molecular flexibility index (Phi) is 6.59. The summed E-state index contributed by atoms with van der Waals surface area (Å²) in [5.74, 6) is 0.405. The van der Waals surface area contributed by atoms with Gasteiger partial charge < -0.3 is 9.47 Å². The predicted octanol–water partition coefficient (Wildman–Crippen LogP) is 5.29. The molecule has 4 nitrogen and oxygen atoms in total. The van der Waals surface area contributed by atoms with Crippen molar-refractivity contribution >= 4 is 51.9 Å². The molecule has 146 valence electrons. The maximum atomic E-state index is 13.0. The summed E-state index contributed by atoms with van der Waals surface area (Å²) in [6.07, 6.45) is 1.72. The molecule has 2 aromatic rings. The first-order valence-electron chi connectivity index (χ1n) is 8.44. The first-order chi connectivity index (χ1) is 13.4. The Hall–Kier alpha value is -2.09. The normalized spacial score (nSPS) is 15.4. The van der Waals surface area contributed by atoms with Crippen LogP contribution in [0.4, 0.5) is 4.39 Å². The van der Waals surface area contributed by atoms with Crippen molar-refractivity contribution in [3.8, 4) is 11.5 Å². The van der Waals surface area contributed by atoms with Crippen LogP contribution in [0.3, 0.4) is 0 Å². The fraction of sp³-hybridized carbons (Fsp3) is 0.200. The predicted molar refractivity (Wildman–Crippen MR) is 114 cm³/mol. The van der Waals surface area contributed by atoms with Crippen molar-refractivity contribution in [2.45, 2.75) is 13.5 Å². The van der Waals surface area contributed by atoms with Crippen molar-refractivity contribution in [2.24, 2.45) is 0 Å². The number of hydrogen-bond acceptors (Lipinski definition) is 5. The Morgan fingerprint density at radius 3 is 2.57 bits per heavy atom. The Balaban J connectivity index is 1.86. The number of thiocarbonyl (C=S) groups is 1. The third kappa shape index (κ3) is 4.66. The minimum atomic E-state index is -0.307. The van der Waals surface area contributed by atoms with Crippen LogP contribution in [0.1, 0.15) is 18.1 Å². The third-order valence-electron chi connectivity index (χ3n) is 3.91. The maximum absolute atomic E-state index is 13.0. The molecule has 8 heteroatoms. The lowest BCUT2D eigenvalue weighted by Gasteiger charge is -2.15. The molecule has 0 aliphatic carbocycles. The smallest absolute Gasteiger partial charge is 0.265 e. The summed E-state index contributed by atoms with van der Waals surface area (Å²) in [6, 6.07) is 9.49. The summed E-state index contributed by atoms with van der Waals surface area (Å²) in [5, 5.41) is 0.353. The van der Waals surface area contributed by atoms with Crippen molar-refractivity contribution < 1.29 is 18.7 Å². The Labute approximate surface area is 177 Å². The van der Waals surface area contributed by atoms with Crippen molar-refractivity contribution in [1.29, 1.82) is 0 Å². The van der Waals surface area contributed by atoms with Crippen LogP contribution < -0.4 is 9.47 Å². The van der Waals surface area contributed by atoms with E-state index in [2.05, 4.69) is 0 Å². The van der Waals surface area contributed by atoms with Crippen LogP contribution in [-0.4, -0.2) is 28.8 Å². The number of likely N-dealkylation sites (N-methyl/N-ethyl adjacent to an activating group) is 1. The van der Waals surface area contributed by atoms with Crippen molar-refractivity contribution in [1.82, 2.24) is 4.90 Å². The zero-order chi connectivity index (χ0) is 20.3. The molecule has 1 fully saturated rings. The third-order valence-corrected chi connectivity index (χ3v) is 5.68. The van der Waals surface area contributed by atoms with Crippen molar-refractivity contribution in [3.63, 3.8) is 0 Å². The standard InChI is InChI=1S/C20H17ClFNO3S2/c1-3-25-16-9-13(10-17-19(24)23(2)20(27)28-17)8-15(21)18(16)26-11-12-4-6-14(22)7-5-12/h4-10H,3,11H2,1-2H3/b17-10+. The summed E-state index contributed by atoms with van der Waals surface area (Å²) in [6.45, 7) is 2.49. The molecule has 3 rings (SSSR count). The quantitative estimate of drug-likeness (QED) is 0.453. The molecule has 0 saturated carbocycles. The minimum Gasteiger partial charge on any atom is -0.490 e. The van der Waals surface area contributed by atoms with E-state index < -0.39 is 0 Å². The molecule has 1 heterocycles. The fourth-order valence-corrected chi connectivity index (χ4v) is 3.96. The van der Waals surface area contributed by atoms with Crippen molar-refractivity contribution in [3.05, 3.63) is 63.3 Å². The van der Waals surface area contributed by atoms with Gasteiger partial charge in [0.25, 0.3) is 5.91 Å². The molecule has 0 atom stereocenters. The van der Waals surface area contributed by atoms with Gasteiger partial charge in [0.1, 0.15) is 16.7 Å². The first kappa shape index (κ1) is 20.6. The van der Waals surface area contributed by atoms with Gasteiger partial charge in [-0.3, -0.25) is 9.69 Å². The van der Waals surface area contributed by atoms with Gasteiger partial charge in [-0.25, -0.2) is 4.39 Å². The topological polar surface area (TPSA) is 38.8 Å². The molecule has 0 unspecified atom stereocenters. The molecule has 0 radical (unpaired) electrons. The maximum Gasteiger partial charge on any atom is 0.265 e. The number of benzene rings is 2. The molecule has 1 saturated heterocycles. The average molecular weight is 438 g/mol. The molecule has 2 aromatic carbocycles. The molecule has 0 bridgehead atoms. The van der Waals surface area contributed by atoms with Gasteiger partial charge >= 0.3 is 0 Å². The summed E-state index contributed by atoms with van der Waals surface area (Å²) in [5.41, 5.74) is 1.51. The summed E-state index contributed by atoms with van der Waals surface area (Å²) in [4.78, 5) is 14.1. The fourth-order valence-electron chi connectivity index (χ4n) is 2.51. The molecule has 28 heavy (non-hydrogen) atoms. The summed E-state index contributed by atoms with van der Waals surface area (Å²) >= 11 is 12.8. The second-order valence-electron chi connectivity index (χ2n) is 5.92. The van der Waals surface area contributed by atoms with Gasteiger partial charge in [0.15, 0.2) is 11.5 Å². The van der Waals surface area contributed by atoms with Crippen LogP contribution in [-0.2, 0) is 11.4 Å². The number of amides is 1. The van der Waals surface area contributed by atoms with Gasteiger partial charge in [-0.05, 0) is 48.4 Å². The highest BCUT2D eigenvalue weighted by Gasteiger charge is 2.28. The van der Waals surface area contributed by atoms with Gasteiger partial charge in [0.2, 0.25) is 0 Å². The van der Waals surface area contributed by atoms with E-state index in [1.807, 2.05) is 6.92 Å². The van der Waals surface area contributed by atoms with E-state index in [1.165, 1.54) is 28.8 Å². The zero-order valence-electron chi connectivity index (χ0n) is 15.2. The highest BCUT2D eigenvalue weighted by molar-refractivity contribution is 8.26. The van der Waals surface area contributed by atoms with Gasteiger partial charge in [0, 0.05) is 7.05 Å². The number of carbonyl (C=O) groups excluding carboxylic acids is 1. The van der Waals surface area contributed by atoms with Gasteiger partial charge in [-0.1, -0.05) is 47.7 Å². The van der Waals surface area contributed by atoms with Gasteiger partial charge in [0.05, 0.1) is 16.5 Å². The number of thioether (sulfide) groups is 1. The highest BCUT2D eigenvalue weighted by Crippen LogP contribution is 2.39. The van der Waals surface area contributed by atoms with E-state index in [1.54, 1.807) is 37.4 Å². The van der Waals surface area contributed by atoms with Crippen LogP contribution >= 0.6 is 35.6 Å². The van der Waals surface area contributed by atoms with Crippen LogP contribution in [0.5, 0.6) is 11.5 Å². The van der Waals surface area contributed by atoms with Crippen LogP contribution in [0.25, 0.3) is 6.08 Å². The van der Waals surface area contributed by atoms with E-state index in [0.717, 1.165) is 5.56 Å². The average Bonchev–Trinajstić information content (AvgIpc) is 2.89. The van der Waals surface area contributed by atoms with Crippen LogP contribution in [0.15, 0.2) is 41.3 Å². The number of halogens is 2. The molecule has 0 spiro atoms. The molecule has 1 aliphatic heterocycles. The molecular formula is C20H17ClFNO3S2. The lowest BCUT2D eigenvalue weighted by molar-refractivity contribution is -0.121. The first-order valence-corrected chi connectivity index (χ1v) is 10.0. The largest absolute Gasteiger partial charge is 0.490 e. The summed E-state index contributed by atoms with van der Waals surface area (Å²) in [7, 11) is 1.64. The lowest BCUT2D eigenvalue weighted by atomic mass is 10.1. The highest BCUT2D eigenvalue weighted by atomic mass is 35.5. The van der Waals surface area contributed by atoms with E-state index in [9.17, 15) is 9.18 Å². The summed E-state index contributed by atoms with van der Waals surface area (Å²) < 4.78 is 25.0. The molecule has 1 aliphatic rings. The lowest BCUT2D eigenvalue weighted by Crippen LogP contribution is -2.22. The number of ether oxygens (including phenoxy) is 2. The Bertz CT molecular complexity index is 947. The van der Waals surface area contributed by atoms with Gasteiger partial charge in [-0.15, -0.1) is 0 Å². The van der Waals surface area contributed by atoms with E-state index in [-0.39, 0.29) is 18.3 Å². The van der Waals surface area contributed by atoms with Gasteiger partial charge in [-0.2, -0.15) is 0 Å². The molecule has 1 amide bonds.